The van der Waals surface area contributed by atoms with E-state index in [9.17, 15) is 4.79 Å². The lowest BCUT2D eigenvalue weighted by Gasteiger charge is -2.13. The molecule has 1 amide bonds. The molecule has 0 saturated heterocycles. The van der Waals surface area contributed by atoms with Gasteiger partial charge in [-0.3, -0.25) is 9.78 Å². The molecule has 1 aliphatic heterocycles. The number of ether oxygens (including phenoxy) is 1. The summed E-state index contributed by atoms with van der Waals surface area (Å²) in [6.07, 6.45) is 3.88. The van der Waals surface area contributed by atoms with Gasteiger partial charge in [0.2, 0.25) is 5.91 Å². The van der Waals surface area contributed by atoms with Gasteiger partial charge in [0.25, 0.3) is 0 Å². The van der Waals surface area contributed by atoms with E-state index < -0.39 is 0 Å². The zero-order valence-corrected chi connectivity index (χ0v) is 18.9. The molecule has 3 aromatic carbocycles. The molecule has 7 heteroatoms. The summed E-state index contributed by atoms with van der Waals surface area (Å²) in [5, 5.41) is 7.24. The summed E-state index contributed by atoms with van der Waals surface area (Å²) in [5.74, 6) is 2.05. The average molecular weight is 460 g/mol. The molecule has 0 unspecified atom stereocenters. The Morgan fingerprint density at radius 2 is 1.80 bits per heavy atom. The fraction of sp³-hybridized carbons (Fsp3) is 0.0714. The summed E-state index contributed by atoms with van der Waals surface area (Å²) in [5.41, 5.74) is 6.34. The lowest BCUT2D eigenvalue weighted by molar-refractivity contribution is -0.115. The van der Waals surface area contributed by atoms with E-state index in [-0.39, 0.29) is 5.91 Å². The summed E-state index contributed by atoms with van der Waals surface area (Å²) < 4.78 is 5.40. The molecule has 1 aliphatic rings. The molecule has 2 aromatic heterocycles. The number of hydrogen-bond acceptors (Lipinski definition) is 6. The second kappa shape index (κ2) is 8.53. The Morgan fingerprint density at radius 1 is 0.914 bits per heavy atom. The first-order valence-corrected chi connectivity index (χ1v) is 11.2. The van der Waals surface area contributed by atoms with Gasteiger partial charge in [0.15, 0.2) is 5.82 Å². The second-order valence-electron chi connectivity index (χ2n) is 8.32. The summed E-state index contributed by atoms with van der Waals surface area (Å²) in [7, 11) is 1.66. The first-order valence-electron chi connectivity index (χ1n) is 11.2. The Hall–Kier alpha value is -4.78. The van der Waals surface area contributed by atoms with Crippen molar-refractivity contribution in [3.05, 3.63) is 90.8 Å². The SMILES string of the molecule is COc1cccc(-c2ccc3nc(-c4cccnc4)nc(Nc4ccc5c(c4)NC(=O)C5)c3c2)c1. The van der Waals surface area contributed by atoms with Crippen molar-refractivity contribution >= 4 is 34.0 Å². The van der Waals surface area contributed by atoms with E-state index in [4.69, 9.17) is 14.7 Å². The first-order chi connectivity index (χ1) is 17.2. The Bertz CT molecular complexity index is 1580. The number of hydrogen-bond donors (Lipinski definition) is 2. The van der Waals surface area contributed by atoms with Crippen molar-refractivity contribution in [1.29, 1.82) is 0 Å². The van der Waals surface area contributed by atoms with Gasteiger partial charge < -0.3 is 15.4 Å². The highest BCUT2D eigenvalue weighted by Gasteiger charge is 2.18. The van der Waals surface area contributed by atoms with Crippen LogP contribution in [0.5, 0.6) is 5.75 Å². The highest BCUT2D eigenvalue weighted by Crippen LogP contribution is 2.33. The van der Waals surface area contributed by atoms with E-state index in [1.54, 1.807) is 19.5 Å². The third-order valence-electron chi connectivity index (χ3n) is 6.02. The van der Waals surface area contributed by atoms with Crippen LogP contribution < -0.4 is 15.4 Å². The summed E-state index contributed by atoms with van der Waals surface area (Å²) in [6, 6.07) is 23.7. The zero-order valence-electron chi connectivity index (χ0n) is 18.9. The number of aromatic nitrogens is 3. The van der Waals surface area contributed by atoms with Crippen LogP contribution in [0, 0.1) is 0 Å². The van der Waals surface area contributed by atoms with E-state index in [2.05, 4.69) is 21.7 Å². The van der Waals surface area contributed by atoms with Gasteiger partial charge in [-0.2, -0.15) is 0 Å². The number of nitrogens with zero attached hydrogens (tertiary/aromatic N) is 3. The largest absolute Gasteiger partial charge is 0.497 e. The molecule has 6 rings (SSSR count). The molecule has 7 nitrogen and oxygen atoms in total. The highest BCUT2D eigenvalue weighted by molar-refractivity contribution is 6.00. The van der Waals surface area contributed by atoms with Crippen molar-refractivity contribution in [2.45, 2.75) is 6.42 Å². The number of anilines is 3. The topological polar surface area (TPSA) is 89.0 Å². The number of amides is 1. The minimum Gasteiger partial charge on any atom is -0.497 e. The summed E-state index contributed by atoms with van der Waals surface area (Å²) in [6.45, 7) is 0. The predicted octanol–water partition coefficient (Wildman–Crippen LogP) is 5.61. The van der Waals surface area contributed by atoms with Crippen LogP contribution in [0.3, 0.4) is 0 Å². The molecule has 35 heavy (non-hydrogen) atoms. The smallest absolute Gasteiger partial charge is 0.228 e. The van der Waals surface area contributed by atoms with E-state index >= 15 is 0 Å². The van der Waals surface area contributed by atoms with Crippen LogP contribution >= 0.6 is 0 Å². The van der Waals surface area contributed by atoms with Crippen LogP contribution in [0.15, 0.2) is 85.2 Å². The van der Waals surface area contributed by atoms with Crippen LogP contribution in [0.25, 0.3) is 33.4 Å². The average Bonchev–Trinajstić information content (AvgIpc) is 3.28. The Balaban J connectivity index is 1.48. The Kier molecular flexibility index (Phi) is 5.07. The standard InChI is InChI=1S/C28H21N5O2/c1-35-22-6-2-4-17(12-22)18-8-10-24-23(13-18)28(33-27(32-24)20-5-3-11-29-16-20)30-21-9-7-19-14-26(34)31-25(19)15-21/h2-13,15-16H,14H2,1H3,(H,31,34)(H,30,32,33). The molecule has 0 radical (unpaired) electrons. The fourth-order valence-corrected chi connectivity index (χ4v) is 4.26. The molecule has 3 heterocycles. The number of carbonyl (C=O) groups is 1. The van der Waals surface area contributed by atoms with Crippen molar-refractivity contribution in [3.63, 3.8) is 0 Å². The second-order valence-corrected chi connectivity index (χ2v) is 8.32. The van der Waals surface area contributed by atoms with Gasteiger partial charge in [0.05, 0.1) is 19.0 Å². The van der Waals surface area contributed by atoms with Gasteiger partial charge >= 0.3 is 0 Å². The van der Waals surface area contributed by atoms with Crippen molar-refractivity contribution in [2.24, 2.45) is 0 Å². The molecule has 0 bridgehead atoms. The number of benzene rings is 3. The molecule has 0 atom stereocenters. The number of methoxy groups -OCH3 is 1. The normalized spacial score (nSPS) is 12.3. The van der Waals surface area contributed by atoms with Gasteiger partial charge in [-0.15, -0.1) is 0 Å². The molecular formula is C28H21N5O2. The number of carbonyl (C=O) groups excluding carboxylic acids is 1. The van der Waals surface area contributed by atoms with E-state index in [1.807, 2.05) is 66.7 Å². The van der Waals surface area contributed by atoms with Gasteiger partial charge in [-0.1, -0.05) is 24.3 Å². The Morgan fingerprint density at radius 3 is 2.66 bits per heavy atom. The maximum atomic E-state index is 11.8. The monoisotopic (exact) mass is 459 g/mol. The molecule has 2 N–H and O–H groups in total. The maximum absolute atomic E-state index is 11.8. The van der Waals surface area contributed by atoms with Crippen molar-refractivity contribution in [1.82, 2.24) is 15.0 Å². The van der Waals surface area contributed by atoms with Crippen LogP contribution in [0.2, 0.25) is 0 Å². The predicted molar refractivity (Wildman–Crippen MR) is 137 cm³/mol. The molecule has 0 aliphatic carbocycles. The van der Waals surface area contributed by atoms with E-state index in [0.717, 1.165) is 50.3 Å². The first kappa shape index (κ1) is 20.8. The lowest BCUT2D eigenvalue weighted by Crippen LogP contribution is -2.03. The lowest BCUT2D eigenvalue weighted by atomic mass is 10.0. The Labute approximate surface area is 201 Å². The van der Waals surface area contributed by atoms with Crippen LogP contribution in [-0.4, -0.2) is 28.0 Å². The summed E-state index contributed by atoms with van der Waals surface area (Å²) >= 11 is 0. The van der Waals surface area contributed by atoms with Crippen molar-refractivity contribution in [2.75, 3.05) is 17.7 Å². The van der Waals surface area contributed by atoms with E-state index in [0.29, 0.717) is 18.1 Å². The van der Waals surface area contributed by atoms with Gasteiger partial charge in [0.1, 0.15) is 11.6 Å². The van der Waals surface area contributed by atoms with Crippen LogP contribution in [0.1, 0.15) is 5.56 Å². The number of rotatable bonds is 5. The quantitative estimate of drug-likeness (QED) is 0.355. The summed E-state index contributed by atoms with van der Waals surface area (Å²) in [4.78, 5) is 25.7. The molecule has 0 fully saturated rings. The molecule has 170 valence electrons. The van der Waals surface area contributed by atoms with E-state index in [1.165, 1.54) is 0 Å². The fourth-order valence-electron chi connectivity index (χ4n) is 4.26. The third kappa shape index (κ3) is 4.04. The molecule has 5 aromatic rings. The van der Waals surface area contributed by atoms with Gasteiger partial charge in [-0.05, 0) is 65.2 Å². The van der Waals surface area contributed by atoms with Crippen molar-refractivity contribution < 1.29 is 9.53 Å². The number of fused-ring (bicyclic) bond motifs is 2. The molecule has 0 saturated carbocycles. The highest BCUT2D eigenvalue weighted by atomic mass is 16.5. The van der Waals surface area contributed by atoms with Gasteiger partial charge in [-0.25, -0.2) is 9.97 Å². The zero-order chi connectivity index (χ0) is 23.8. The minimum absolute atomic E-state index is 0.00595. The number of nitrogens with one attached hydrogen (secondary N) is 2. The molecule has 0 spiro atoms. The number of pyridine rings is 1. The maximum Gasteiger partial charge on any atom is 0.228 e. The minimum atomic E-state index is 0.00595. The third-order valence-corrected chi connectivity index (χ3v) is 6.02. The van der Waals surface area contributed by atoms with Gasteiger partial charge in [0, 0.05) is 34.7 Å². The molecular weight excluding hydrogens is 438 g/mol. The van der Waals surface area contributed by atoms with Crippen LogP contribution in [0.4, 0.5) is 17.2 Å². The van der Waals surface area contributed by atoms with Crippen molar-refractivity contribution in [3.8, 4) is 28.3 Å². The van der Waals surface area contributed by atoms with Crippen LogP contribution in [-0.2, 0) is 11.2 Å².